The first-order valence-electron chi connectivity index (χ1n) is 11.3. The minimum Gasteiger partial charge on any atom is -0.497 e. The Morgan fingerprint density at radius 2 is 1.82 bits per heavy atom. The third kappa shape index (κ3) is 5.19. The van der Waals surface area contributed by atoms with Crippen molar-refractivity contribution >= 4 is 34.7 Å². The van der Waals surface area contributed by atoms with Crippen LogP contribution in [0.3, 0.4) is 0 Å². The lowest BCUT2D eigenvalue weighted by atomic mass is 9.96. The summed E-state index contributed by atoms with van der Waals surface area (Å²) in [5.74, 6) is 0.883. The fraction of sp³-hybridized carbons (Fsp3) is 0.440. The van der Waals surface area contributed by atoms with Crippen LogP contribution in [0.2, 0.25) is 5.02 Å². The van der Waals surface area contributed by atoms with Gasteiger partial charge in [0.25, 0.3) is 0 Å². The molecule has 0 radical (unpaired) electrons. The number of carboxylic acids is 1. The van der Waals surface area contributed by atoms with E-state index < -0.39 is 5.97 Å². The molecular weight excluding hydrogens is 442 g/mol. The minimum atomic E-state index is -0.816. The Morgan fingerprint density at radius 1 is 1.15 bits per heavy atom. The maximum absolute atomic E-state index is 11.3. The molecule has 1 fully saturated rings. The number of anilines is 2. The number of aliphatic carboxylic acids is 1. The molecule has 2 aromatic carbocycles. The maximum Gasteiger partial charge on any atom is 0.305 e. The topological polar surface area (TPSA) is 74.6 Å². The smallest absolute Gasteiger partial charge is 0.305 e. The molecule has 0 aliphatic carbocycles. The number of carbonyl (C=O) groups is 1. The van der Waals surface area contributed by atoms with Gasteiger partial charge in [-0.05, 0) is 43.3 Å². The van der Waals surface area contributed by atoms with E-state index in [1.165, 1.54) is 0 Å². The highest BCUT2D eigenvalue weighted by Crippen LogP contribution is 2.34. The Kier molecular flexibility index (Phi) is 6.98. The van der Waals surface area contributed by atoms with Crippen LogP contribution in [0.4, 0.5) is 11.4 Å². The van der Waals surface area contributed by atoms with E-state index in [9.17, 15) is 9.90 Å². The highest BCUT2D eigenvalue weighted by Gasteiger charge is 2.34. The molecule has 1 N–H and O–H groups in total. The zero-order valence-corrected chi connectivity index (χ0v) is 20.0. The average Bonchev–Trinajstić information content (AvgIpc) is 3.08. The first-order chi connectivity index (χ1) is 15.9. The van der Waals surface area contributed by atoms with Crippen LogP contribution in [-0.4, -0.2) is 49.1 Å². The summed E-state index contributed by atoms with van der Waals surface area (Å²) in [7, 11) is 1.66. The lowest BCUT2D eigenvalue weighted by Gasteiger charge is -2.34. The molecule has 0 amide bonds. The lowest BCUT2D eigenvalue weighted by molar-refractivity contribution is -0.137. The second kappa shape index (κ2) is 9.91. The van der Waals surface area contributed by atoms with Crippen LogP contribution < -0.4 is 19.4 Å². The van der Waals surface area contributed by atoms with E-state index in [-0.39, 0.29) is 24.5 Å². The molecule has 2 unspecified atom stereocenters. The Labute approximate surface area is 199 Å². The number of nitrogens with zero attached hydrogens (tertiary/aromatic N) is 3. The largest absolute Gasteiger partial charge is 0.497 e. The zero-order valence-electron chi connectivity index (χ0n) is 19.2. The molecular formula is C25H30ClN3O4. The number of hydrogen-bond acceptors (Lipinski definition) is 6. The van der Waals surface area contributed by atoms with Crippen molar-refractivity contribution in [2.24, 2.45) is 11.0 Å². The Balaban J connectivity index is 1.36. The van der Waals surface area contributed by atoms with Crippen LogP contribution in [0.15, 0.2) is 47.6 Å². The Morgan fingerprint density at radius 3 is 2.45 bits per heavy atom. The Bertz CT molecular complexity index is 1020. The number of rotatable bonds is 7. The third-order valence-electron chi connectivity index (χ3n) is 6.54. The number of hydrogen-bond donors (Lipinski definition) is 1. The van der Waals surface area contributed by atoms with Gasteiger partial charge < -0.3 is 19.5 Å². The third-order valence-corrected chi connectivity index (χ3v) is 6.86. The lowest BCUT2D eigenvalue weighted by Crippen LogP contribution is -2.38. The molecule has 0 bridgehead atoms. The molecule has 1 saturated heterocycles. The Hall–Kier alpha value is -2.93. The average molecular weight is 472 g/mol. The van der Waals surface area contributed by atoms with Crippen LogP contribution in [0.25, 0.3) is 0 Å². The first kappa shape index (κ1) is 23.2. The predicted octanol–water partition coefficient (Wildman–Crippen LogP) is 5.07. The molecule has 2 aliphatic heterocycles. The van der Waals surface area contributed by atoms with Crippen molar-refractivity contribution in [1.82, 2.24) is 0 Å². The SMILES string of the molecule is COc1ccc(Cl)c(N2CCC(Oc3ccc(N4N=C(C)C(C)C4CC(=O)O)cc3)CC2)c1. The summed E-state index contributed by atoms with van der Waals surface area (Å²) in [5.41, 5.74) is 2.81. The zero-order chi connectivity index (χ0) is 23.5. The van der Waals surface area contributed by atoms with Gasteiger partial charge >= 0.3 is 5.97 Å². The van der Waals surface area contributed by atoms with E-state index in [2.05, 4.69) is 10.0 Å². The normalized spacial score (nSPS) is 21.2. The van der Waals surface area contributed by atoms with Crippen molar-refractivity contribution in [3.63, 3.8) is 0 Å². The quantitative estimate of drug-likeness (QED) is 0.607. The van der Waals surface area contributed by atoms with Crippen LogP contribution in [0.5, 0.6) is 11.5 Å². The molecule has 0 spiro atoms. The second-order valence-corrected chi connectivity index (χ2v) is 9.06. The van der Waals surface area contributed by atoms with Crippen molar-refractivity contribution in [2.45, 2.75) is 45.3 Å². The molecule has 2 aliphatic rings. The van der Waals surface area contributed by atoms with E-state index in [4.69, 9.17) is 21.1 Å². The summed E-state index contributed by atoms with van der Waals surface area (Å²) >= 11 is 6.40. The molecule has 7 nitrogen and oxygen atoms in total. The predicted molar refractivity (Wildman–Crippen MR) is 131 cm³/mol. The molecule has 0 saturated carbocycles. The maximum atomic E-state index is 11.3. The molecule has 176 valence electrons. The van der Waals surface area contributed by atoms with Crippen molar-refractivity contribution in [3.8, 4) is 11.5 Å². The molecule has 2 aromatic rings. The summed E-state index contributed by atoms with van der Waals surface area (Å²) in [6, 6.07) is 13.3. The van der Waals surface area contributed by atoms with Gasteiger partial charge in [-0.2, -0.15) is 5.10 Å². The van der Waals surface area contributed by atoms with Crippen molar-refractivity contribution < 1.29 is 19.4 Å². The fourth-order valence-corrected chi connectivity index (χ4v) is 4.70. The highest BCUT2D eigenvalue weighted by molar-refractivity contribution is 6.33. The van der Waals surface area contributed by atoms with E-state index in [1.54, 1.807) is 7.11 Å². The molecule has 0 aromatic heterocycles. The molecule has 4 rings (SSSR count). The molecule has 2 atom stereocenters. The van der Waals surface area contributed by atoms with Gasteiger partial charge in [-0.3, -0.25) is 9.80 Å². The van der Waals surface area contributed by atoms with E-state index >= 15 is 0 Å². The van der Waals surface area contributed by atoms with E-state index in [0.717, 1.165) is 59.5 Å². The summed E-state index contributed by atoms with van der Waals surface area (Å²) in [5, 5.41) is 16.4. The molecule has 33 heavy (non-hydrogen) atoms. The van der Waals surface area contributed by atoms with Gasteiger partial charge in [0.15, 0.2) is 0 Å². The first-order valence-corrected chi connectivity index (χ1v) is 11.6. The van der Waals surface area contributed by atoms with Crippen LogP contribution in [-0.2, 0) is 4.79 Å². The van der Waals surface area contributed by atoms with Gasteiger partial charge in [0, 0.05) is 43.6 Å². The van der Waals surface area contributed by atoms with E-state index in [1.807, 2.05) is 61.3 Å². The minimum absolute atomic E-state index is 0.0517. The number of benzene rings is 2. The second-order valence-electron chi connectivity index (χ2n) is 8.66. The number of hydrazone groups is 1. The number of methoxy groups -OCH3 is 1. The van der Waals surface area contributed by atoms with Gasteiger partial charge in [0.2, 0.25) is 0 Å². The fourth-order valence-electron chi connectivity index (χ4n) is 4.46. The van der Waals surface area contributed by atoms with Gasteiger partial charge in [-0.1, -0.05) is 18.5 Å². The van der Waals surface area contributed by atoms with Crippen molar-refractivity contribution in [2.75, 3.05) is 30.1 Å². The molecule has 2 heterocycles. The van der Waals surface area contributed by atoms with Crippen LogP contribution in [0.1, 0.15) is 33.1 Å². The van der Waals surface area contributed by atoms with Gasteiger partial charge in [-0.25, -0.2) is 0 Å². The van der Waals surface area contributed by atoms with Crippen molar-refractivity contribution in [3.05, 3.63) is 47.5 Å². The standard InChI is InChI=1S/C25H30ClN3O4/c1-16-17(2)27-29(23(16)15-25(30)31)18-4-6-19(7-5-18)33-20-10-12-28(13-11-20)24-14-21(32-3)8-9-22(24)26/h4-9,14,16,20,23H,10-13,15H2,1-3H3,(H,30,31). The number of ether oxygens (including phenoxy) is 2. The van der Waals surface area contributed by atoms with Gasteiger partial charge in [0.1, 0.15) is 17.6 Å². The molecule has 8 heteroatoms. The summed E-state index contributed by atoms with van der Waals surface area (Å²) < 4.78 is 11.6. The summed E-state index contributed by atoms with van der Waals surface area (Å²) in [6.07, 6.45) is 1.96. The van der Waals surface area contributed by atoms with Crippen LogP contribution in [0, 0.1) is 5.92 Å². The number of halogens is 1. The summed E-state index contributed by atoms with van der Waals surface area (Å²) in [4.78, 5) is 13.6. The van der Waals surface area contributed by atoms with Gasteiger partial charge in [-0.15, -0.1) is 0 Å². The number of carboxylic acid groups (broad SMARTS) is 1. The number of piperidine rings is 1. The highest BCUT2D eigenvalue weighted by atomic mass is 35.5. The van der Waals surface area contributed by atoms with Gasteiger partial charge in [0.05, 0.1) is 36.0 Å². The summed E-state index contributed by atoms with van der Waals surface area (Å²) in [6.45, 7) is 5.68. The van der Waals surface area contributed by atoms with Crippen LogP contribution >= 0.6 is 11.6 Å². The van der Waals surface area contributed by atoms with Crippen molar-refractivity contribution in [1.29, 1.82) is 0 Å². The monoisotopic (exact) mass is 471 g/mol. The van der Waals surface area contributed by atoms with E-state index in [0.29, 0.717) is 0 Å².